The van der Waals surface area contributed by atoms with Crippen molar-refractivity contribution >= 4 is 37.3 Å². The number of nitrogens with one attached hydrogen (secondary N) is 2. The van der Waals surface area contributed by atoms with Gasteiger partial charge in [0.25, 0.3) is 10.0 Å². The van der Waals surface area contributed by atoms with Gasteiger partial charge >= 0.3 is 0 Å². The van der Waals surface area contributed by atoms with Crippen LogP contribution < -0.4 is 4.72 Å². The molecule has 17 heavy (non-hydrogen) atoms. The molecule has 0 aromatic carbocycles. The fourth-order valence-corrected chi connectivity index (χ4v) is 3.68. The van der Waals surface area contributed by atoms with E-state index in [-0.39, 0.29) is 5.03 Å². The maximum Gasteiger partial charge on any atom is 0.257 e. The summed E-state index contributed by atoms with van der Waals surface area (Å²) in [5.41, 5.74) is 0. The molecule has 2 aromatic rings. The summed E-state index contributed by atoms with van der Waals surface area (Å²) in [5.74, 6) is 0. The summed E-state index contributed by atoms with van der Waals surface area (Å²) in [6.07, 6.45) is 3.29. The fraction of sp³-hybridized carbons (Fsp3) is 0.222. The van der Waals surface area contributed by atoms with E-state index in [2.05, 4.69) is 30.6 Å². The van der Waals surface area contributed by atoms with Crippen LogP contribution in [0.25, 0.3) is 0 Å². The smallest absolute Gasteiger partial charge is 0.257 e. The molecule has 0 unspecified atom stereocenters. The molecule has 2 heterocycles. The molecule has 2 rings (SSSR count). The number of hydrogen-bond acceptors (Lipinski definition) is 4. The fourth-order valence-electron chi connectivity index (χ4n) is 1.26. The lowest BCUT2D eigenvalue weighted by Gasteiger charge is -2.02. The third-order valence-corrected chi connectivity index (χ3v) is 5.12. The normalized spacial score (nSPS) is 11.8. The molecule has 2 N–H and O–H groups in total. The lowest BCUT2D eigenvalue weighted by atomic mass is 10.3. The first-order valence-corrected chi connectivity index (χ1v) is 7.89. The van der Waals surface area contributed by atoms with Gasteiger partial charge < -0.3 is 4.98 Å². The number of imidazole rings is 1. The third kappa shape index (κ3) is 3.38. The number of thiophene rings is 1. The zero-order valence-electron chi connectivity index (χ0n) is 8.68. The Morgan fingerprint density at radius 2 is 2.29 bits per heavy atom. The molecule has 5 nitrogen and oxygen atoms in total. The molecule has 0 atom stereocenters. The summed E-state index contributed by atoms with van der Waals surface area (Å²) in [5, 5.41) is 0.0878. The van der Waals surface area contributed by atoms with Crippen LogP contribution in [-0.4, -0.2) is 24.9 Å². The Balaban J connectivity index is 1.91. The van der Waals surface area contributed by atoms with Crippen LogP contribution in [0, 0.1) is 0 Å². The maximum absolute atomic E-state index is 11.7. The van der Waals surface area contributed by atoms with E-state index in [1.165, 1.54) is 12.5 Å². The van der Waals surface area contributed by atoms with E-state index in [9.17, 15) is 8.42 Å². The van der Waals surface area contributed by atoms with Gasteiger partial charge in [-0.25, -0.2) is 18.1 Å². The average Bonchev–Trinajstić information content (AvgIpc) is 2.89. The van der Waals surface area contributed by atoms with E-state index >= 15 is 0 Å². The van der Waals surface area contributed by atoms with Crippen molar-refractivity contribution in [2.24, 2.45) is 0 Å². The lowest BCUT2D eigenvalue weighted by Crippen LogP contribution is -2.26. The minimum atomic E-state index is -3.46. The van der Waals surface area contributed by atoms with Crippen molar-refractivity contribution in [3.05, 3.63) is 33.3 Å². The highest BCUT2D eigenvalue weighted by molar-refractivity contribution is 9.11. The molecule has 0 radical (unpaired) electrons. The molecular weight excluding hydrogens is 326 g/mol. The van der Waals surface area contributed by atoms with Gasteiger partial charge in [-0.3, -0.25) is 0 Å². The first-order valence-electron chi connectivity index (χ1n) is 4.80. The predicted octanol–water partition coefficient (Wildman–Crippen LogP) is 1.75. The van der Waals surface area contributed by atoms with Crippen molar-refractivity contribution in [2.45, 2.75) is 11.4 Å². The monoisotopic (exact) mass is 335 g/mol. The summed E-state index contributed by atoms with van der Waals surface area (Å²) in [6, 6.07) is 3.92. The third-order valence-electron chi connectivity index (χ3n) is 2.05. The summed E-state index contributed by atoms with van der Waals surface area (Å²) in [7, 11) is -3.46. The molecule has 0 aliphatic carbocycles. The van der Waals surface area contributed by atoms with Gasteiger partial charge in [0.1, 0.15) is 0 Å². The molecule has 8 heteroatoms. The number of aromatic nitrogens is 2. The van der Waals surface area contributed by atoms with Crippen molar-refractivity contribution in [3.8, 4) is 0 Å². The highest BCUT2D eigenvalue weighted by Crippen LogP contribution is 2.22. The first kappa shape index (κ1) is 12.7. The van der Waals surface area contributed by atoms with Crippen LogP contribution in [0.4, 0.5) is 0 Å². The van der Waals surface area contributed by atoms with Gasteiger partial charge in [-0.2, -0.15) is 0 Å². The maximum atomic E-state index is 11.7. The molecule has 0 saturated carbocycles. The van der Waals surface area contributed by atoms with E-state index < -0.39 is 10.0 Å². The van der Waals surface area contributed by atoms with Crippen molar-refractivity contribution in [1.29, 1.82) is 0 Å². The van der Waals surface area contributed by atoms with Crippen LogP contribution >= 0.6 is 27.3 Å². The van der Waals surface area contributed by atoms with Crippen molar-refractivity contribution in [1.82, 2.24) is 14.7 Å². The number of rotatable bonds is 5. The SMILES string of the molecule is O=S(=O)(NCCc1ccc(Br)s1)c1cnc[nH]1. The number of H-pyrrole nitrogens is 1. The summed E-state index contributed by atoms with van der Waals surface area (Å²) in [4.78, 5) is 7.37. The zero-order valence-corrected chi connectivity index (χ0v) is 11.9. The Kier molecular flexibility index (Phi) is 3.97. The second-order valence-electron chi connectivity index (χ2n) is 3.27. The van der Waals surface area contributed by atoms with Gasteiger partial charge in [0, 0.05) is 11.4 Å². The molecule has 0 fully saturated rings. The quantitative estimate of drug-likeness (QED) is 0.874. The van der Waals surface area contributed by atoms with E-state index in [1.54, 1.807) is 11.3 Å². The van der Waals surface area contributed by atoms with Crippen LogP contribution in [0.15, 0.2) is 33.5 Å². The Hall–Kier alpha value is -0.700. The predicted molar refractivity (Wildman–Crippen MR) is 69.5 cm³/mol. The number of nitrogens with zero attached hydrogens (tertiary/aromatic N) is 1. The Morgan fingerprint density at radius 3 is 2.88 bits per heavy atom. The largest absolute Gasteiger partial charge is 0.335 e. The number of aromatic amines is 1. The van der Waals surface area contributed by atoms with Gasteiger partial charge in [0.05, 0.1) is 16.3 Å². The minimum absolute atomic E-state index is 0.0878. The number of sulfonamides is 1. The minimum Gasteiger partial charge on any atom is -0.335 e. The highest BCUT2D eigenvalue weighted by Gasteiger charge is 2.14. The average molecular weight is 336 g/mol. The van der Waals surface area contributed by atoms with E-state index in [1.807, 2.05) is 12.1 Å². The van der Waals surface area contributed by atoms with Crippen LogP contribution in [-0.2, 0) is 16.4 Å². The summed E-state index contributed by atoms with van der Waals surface area (Å²) in [6.45, 7) is 0.369. The van der Waals surface area contributed by atoms with Gasteiger partial charge in [-0.1, -0.05) is 0 Å². The molecule has 0 aliphatic rings. The van der Waals surface area contributed by atoms with E-state index in [0.717, 1.165) is 8.66 Å². The molecule has 92 valence electrons. The van der Waals surface area contributed by atoms with Gasteiger partial charge in [0.2, 0.25) is 0 Å². The molecule has 0 spiro atoms. The molecule has 2 aromatic heterocycles. The van der Waals surface area contributed by atoms with E-state index in [0.29, 0.717) is 13.0 Å². The second kappa shape index (κ2) is 5.30. The van der Waals surface area contributed by atoms with E-state index in [4.69, 9.17) is 0 Å². The highest BCUT2D eigenvalue weighted by atomic mass is 79.9. The summed E-state index contributed by atoms with van der Waals surface area (Å²) >= 11 is 4.96. The molecule has 0 amide bonds. The van der Waals surface area contributed by atoms with Crippen LogP contribution in [0.3, 0.4) is 0 Å². The first-order chi connectivity index (χ1) is 8.08. The van der Waals surface area contributed by atoms with Crippen molar-refractivity contribution in [2.75, 3.05) is 6.54 Å². The Morgan fingerprint density at radius 1 is 1.47 bits per heavy atom. The number of hydrogen-bond donors (Lipinski definition) is 2. The molecule has 0 bridgehead atoms. The second-order valence-corrected chi connectivity index (χ2v) is 7.55. The topological polar surface area (TPSA) is 74.8 Å². The van der Waals surface area contributed by atoms with Crippen LogP contribution in [0.2, 0.25) is 0 Å². The molecular formula is C9H10BrN3O2S2. The molecule has 0 aliphatic heterocycles. The van der Waals surface area contributed by atoms with Crippen molar-refractivity contribution < 1.29 is 8.42 Å². The zero-order chi connectivity index (χ0) is 12.3. The van der Waals surface area contributed by atoms with Gasteiger partial charge in [0.15, 0.2) is 5.03 Å². The Bertz CT molecular complexity index is 577. The number of halogens is 1. The van der Waals surface area contributed by atoms with Crippen molar-refractivity contribution in [3.63, 3.8) is 0 Å². The summed E-state index contributed by atoms with van der Waals surface area (Å²) < 4.78 is 27.0. The lowest BCUT2D eigenvalue weighted by molar-refractivity contribution is 0.578. The van der Waals surface area contributed by atoms with Gasteiger partial charge in [-0.05, 0) is 34.5 Å². The van der Waals surface area contributed by atoms with Crippen LogP contribution in [0.5, 0.6) is 0 Å². The van der Waals surface area contributed by atoms with Crippen LogP contribution in [0.1, 0.15) is 4.88 Å². The Labute approximate surface area is 111 Å². The van der Waals surface area contributed by atoms with Gasteiger partial charge in [-0.15, -0.1) is 11.3 Å². The molecule has 0 saturated heterocycles. The standard InChI is InChI=1S/C9H10BrN3O2S2/c10-8-2-1-7(16-8)3-4-13-17(14,15)9-5-11-6-12-9/h1-2,5-6,13H,3-4H2,(H,11,12).